The molecule has 166 valence electrons. The number of morpholine rings is 1. The summed E-state index contributed by atoms with van der Waals surface area (Å²) in [4.78, 5) is 23.6. The molecule has 2 N–H and O–H groups in total. The zero-order chi connectivity index (χ0) is 22.4. The van der Waals surface area contributed by atoms with E-state index in [1.807, 2.05) is 31.2 Å². The number of benzene rings is 2. The molecular formula is C23H27FN2O5. The zero-order valence-corrected chi connectivity index (χ0v) is 17.7. The number of hydrogen-bond acceptors (Lipinski definition) is 4. The van der Waals surface area contributed by atoms with Crippen LogP contribution in [0.25, 0.3) is 11.1 Å². The number of carbonyl (C=O) groups excluding carboxylic acids is 1. The molecular weight excluding hydrogens is 403 g/mol. The minimum atomic E-state index is -0.985. The molecule has 3 rings (SSSR count). The molecule has 1 atom stereocenters. The predicted molar refractivity (Wildman–Crippen MR) is 114 cm³/mol. The molecule has 0 saturated carbocycles. The topological polar surface area (TPSA) is 88.1 Å². The van der Waals surface area contributed by atoms with E-state index in [9.17, 15) is 14.7 Å². The van der Waals surface area contributed by atoms with Crippen molar-refractivity contribution >= 4 is 12.0 Å². The Bertz CT molecular complexity index is 950. The highest BCUT2D eigenvalue weighted by Gasteiger charge is 2.26. The Balaban J connectivity index is 1.88. The summed E-state index contributed by atoms with van der Waals surface area (Å²) in [5, 5.41) is 11.9. The number of ether oxygens (including phenoxy) is 2. The van der Waals surface area contributed by atoms with E-state index in [0.717, 1.165) is 11.1 Å². The minimum Gasteiger partial charge on any atom is -0.489 e. The number of carbonyl (C=O) groups is 2. The van der Waals surface area contributed by atoms with Crippen molar-refractivity contribution < 1.29 is 28.6 Å². The van der Waals surface area contributed by atoms with E-state index in [1.54, 1.807) is 12.1 Å². The minimum absolute atomic E-state index is 0.0994. The number of amides is 2. The van der Waals surface area contributed by atoms with Crippen molar-refractivity contribution in [2.75, 3.05) is 32.8 Å². The number of nitrogens with zero attached hydrogens (tertiary/aromatic N) is 1. The molecule has 1 aliphatic heterocycles. The molecule has 0 bridgehead atoms. The average Bonchev–Trinajstić information content (AvgIpc) is 2.72. The molecule has 2 aromatic rings. The fourth-order valence-corrected chi connectivity index (χ4v) is 3.64. The number of nitrogens with one attached hydrogen (secondary N) is 1. The van der Waals surface area contributed by atoms with E-state index in [2.05, 4.69) is 5.32 Å². The van der Waals surface area contributed by atoms with Gasteiger partial charge in [0.05, 0.1) is 25.8 Å². The van der Waals surface area contributed by atoms with Crippen molar-refractivity contribution in [3.8, 4) is 16.9 Å². The first kappa shape index (κ1) is 22.6. The summed E-state index contributed by atoms with van der Waals surface area (Å²) in [6.45, 7) is 4.63. The van der Waals surface area contributed by atoms with Gasteiger partial charge in [0, 0.05) is 25.5 Å². The number of rotatable bonds is 7. The summed E-state index contributed by atoms with van der Waals surface area (Å²) in [6, 6.07) is 10.9. The Labute approximate surface area is 180 Å². The van der Waals surface area contributed by atoms with E-state index in [4.69, 9.17) is 9.47 Å². The van der Waals surface area contributed by atoms with Gasteiger partial charge in [0.1, 0.15) is 6.61 Å². The molecule has 8 heteroatoms. The normalized spacial score (nSPS) is 16.1. The quantitative estimate of drug-likeness (QED) is 0.659. The lowest BCUT2D eigenvalue weighted by atomic mass is 9.93. The van der Waals surface area contributed by atoms with Crippen molar-refractivity contribution in [1.82, 2.24) is 10.2 Å². The maximum atomic E-state index is 15.5. The van der Waals surface area contributed by atoms with Crippen LogP contribution >= 0.6 is 0 Å². The summed E-state index contributed by atoms with van der Waals surface area (Å²) in [5.41, 5.74) is 2.84. The second-order valence-corrected chi connectivity index (χ2v) is 7.54. The highest BCUT2D eigenvalue weighted by Crippen LogP contribution is 2.34. The van der Waals surface area contributed by atoms with Crippen LogP contribution in [0.3, 0.4) is 0 Å². The first-order valence-electron chi connectivity index (χ1n) is 10.2. The first-order chi connectivity index (χ1) is 14.8. The molecule has 2 aromatic carbocycles. The third-order valence-electron chi connectivity index (χ3n) is 5.09. The van der Waals surface area contributed by atoms with Crippen LogP contribution in [0.15, 0.2) is 36.4 Å². The molecule has 1 saturated heterocycles. The third kappa shape index (κ3) is 5.95. The Morgan fingerprint density at radius 2 is 2.13 bits per heavy atom. The van der Waals surface area contributed by atoms with Gasteiger partial charge in [-0.15, -0.1) is 0 Å². The van der Waals surface area contributed by atoms with Gasteiger partial charge in [0.25, 0.3) is 0 Å². The molecule has 2 amide bonds. The Morgan fingerprint density at radius 3 is 2.84 bits per heavy atom. The highest BCUT2D eigenvalue weighted by atomic mass is 19.1. The maximum absolute atomic E-state index is 15.5. The van der Waals surface area contributed by atoms with Crippen LogP contribution in [0.5, 0.6) is 5.75 Å². The third-order valence-corrected chi connectivity index (χ3v) is 5.09. The van der Waals surface area contributed by atoms with Crippen molar-refractivity contribution in [3.63, 3.8) is 0 Å². The Kier molecular flexibility index (Phi) is 7.46. The lowest BCUT2D eigenvalue weighted by Gasteiger charge is -2.31. The van der Waals surface area contributed by atoms with Crippen LogP contribution in [0, 0.1) is 12.7 Å². The smallest absolute Gasteiger partial charge is 0.407 e. The largest absolute Gasteiger partial charge is 0.489 e. The van der Waals surface area contributed by atoms with Gasteiger partial charge in [0.2, 0.25) is 5.91 Å². The molecule has 1 unspecified atom stereocenters. The highest BCUT2D eigenvalue weighted by molar-refractivity contribution is 5.73. The summed E-state index contributed by atoms with van der Waals surface area (Å²) in [5.74, 6) is -0.568. The number of halogens is 1. The summed E-state index contributed by atoms with van der Waals surface area (Å²) in [6.07, 6.45) is -0.975. The van der Waals surface area contributed by atoms with Gasteiger partial charge in [-0.05, 0) is 24.1 Å². The number of aryl methyl sites for hydroxylation is 1. The molecule has 0 radical (unpaired) electrons. The van der Waals surface area contributed by atoms with Gasteiger partial charge in [-0.25, -0.2) is 9.18 Å². The van der Waals surface area contributed by atoms with Crippen LogP contribution in [0.4, 0.5) is 9.18 Å². The average molecular weight is 430 g/mol. The fourth-order valence-electron chi connectivity index (χ4n) is 3.64. The fraction of sp³-hybridized carbons (Fsp3) is 0.391. The predicted octanol–water partition coefficient (Wildman–Crippen LogP) is 3.24. The standard InChI is InChI=1S/C23H27FN2O5/c1-15-4-3-5-17(12-15)21-18(13-19-14-26(23(28)29)9-11-30-19)6-7-20(22(21)24)31-10-8-25-16(2)27/h3-7,12,19H,8-11,13-14H2,1-2H3,(H,25,27)(H,28,29). The van der Waals surface area contributed by atoms with Crippen LogP contribution in [0.1, 0.15) is 18.1 Å². The summed E-state index contributed by atoms with van der Waals surface area (Å²) < 4.78 is 26.9. The summed E-state index contributed by atoms with van der Waals surface area (Å²) in [7, 11) is 0. The van der Waals surface area contributed by atoms with Gasteiger partial charge in [-0.3, -0.25) is 4.79 Å². The number of hydrogen-bond donors (Lipinski definition) is 2. The van der Waals surface area contributed by atoms with Gasteiger partial charge in [0.15, 0.2) is 11.6 Å². The van der Waals surface area contributed by atoms with Gasteiger partial charge in [-0.1, -0.05) is 35.9 Å². The van der Waals surface area contributed by atoms with Crippen LogP contribution < -0.4 is 10.1 Å². The second-order valence-electron chi connectivity index (χ2n) is 7.54. The lowest BCUT2D eigenvalue weighted by molar-refractivity contribution is -0.119. The molecule has 0 aromatic heterocycles. The SMILES string of the molecule is CC(=O)NCCOc1ccc(CC2CN(C(=O)O)CCO2)c(-c2cccc(C)c2)c1F. The van der Waals surface area contributed by atoms with Crippen LogP contribution in [-0.4, -0.2) is 61.0 Å². The molecule has 1 aliphatic rings. The molecule has 0 spiro atoms. The van der Waals surface area contributed by atoms with E-state index in [1.165, 1.54) is 11.8 Å². The molecule has 7 nitrogen and oxygen atoms in total. The van der Waals surface area contributed by atoms with Gasteiger partial charge >= 0.3 is 6.09 Å². The van der Waals surface area contributed by atoms with Crippen molar-refractivity contribution in [1.29, 1.82) is 0 Å². The molecule has 1 heterocycles. The maximum Gasteiger partial charge on any atom is 0.407 e. The monoisotopic (exact) mass is 430 g/mol. The second kappa shape index (κ2) is 10.3. The van der Waals surface area contributed by atoms with E-state index < -0.39 is 11.9 Å². The van der Waals surface area contributed by atoms with E-state index in [-0.39, 0.29) is 37.5 Å². The molecule has 31 heavy (non-hydrogen) atoms. The molecule has 0 aliphatic carbocycles. The van der Waals surface area contributed by atoms with Crippen LogP contribution in [-0.2, 0) is 16.0 Å². The molecule has 1 fully saturated rings. The van der Waals surface area contributed by atoms with Crippen molar-refractivity contribution in [2.45, 2.75) is 26.4 Å². The van der Waals surface area contributed by atoms with E-state index >= 15 is 4.39 Å². The van der Waals surface area contributed by atoms with Crippen molar-refractivity contribution in [3.05, 3.63) is 53.3 Å². The van der Waals surface area contributed by atoms with Gasteiger partial charge in [-0.2, -0.15) is 0 Å². The van der Waals surface area contributed by atoms with Crippen LogP contribution in [0.2, 0.25) is 0 Å². The van der Waals surface area contributed by atoms with Gasteiger partial charge < -0.3 is 24.8 Å². The van der Waals surface area contributed by atoms with Crippen molar-refractivity contribution in [2.24, 2.45) is 0 Å². The summed E-state index contributed by atoms with van der Waals surface area (Å²) >= 11 is 0. The zero-order valence-electron chi connectivity index (χ0n) is 17.7. The van der Waals surface area contributed by atoms with E-state index in [0.29, 0.717) is 30.7 Å². The Hall–Kier alpha value is -3.13. The first-order valence-corrected chi connectivity index (χ1v) is 10.2. The lowest BCUT2D eigenvalue weighted by Crippen LogP contribution is -2.45. The Morgan fingerprint density at radius 1 is 1.32 bits per heavy atom. The number of carboxylic acid groups (broad SMARTS) is 1.